The standard InChI is InChI=1S/C9H11F2NO/c10-7(3-4-12)6-1-2-9(13)8(11)5-6/h1-2,5,7,13H,3-4,12H2. The minimum atomic E-state index is -1.26. The third kappa shape index (κ3) is 2.39. The highest BCUT2D eigenvalue weighted by Crippen LogP contribution is 2.24. The molecule has 1 rings (SSSR count). The lowest BCUT2D eigenvalue weighted by atomic mass is 10.1. The first-order chi connectivity index (χ1) is 6.15. The Morgan fingerprint density at radius 2 is 2.15 bits per heavy atom. The second-order valence-corrected chi connectivity index (χ2v) is 2.76. The molecule has 0 saturated carbocycles. The summed E-state index contributed by atoms with van der Waals surface area (Å²) in [6, 6.07) is 3.46. The molecule has 0 bridgehead atoms. The molecule has 2 nitrogen and oxygen atoms in total. The van der Waals surface area contributed by atoms with Gasteiger partial charge < -0.3 is 10.8 Å². The predicted octanol–water partition coefficient (Wildman–Crippen LogP) is 1.89. The van der Waals surface area contributed by atoms with Crippen LogP contribution in [-0.4, -0.2) is 11.7 Å². The van der Waals surface area contributed by atoms with Crippen LogP contribution in [0.5, 0.6) is 5.75 Å². The summed E-state index contributed by atoms with van der Waals surface area (Å²) >= 11 is 0. The molecule has 0 radical (unpaired) electrons. The lowest BCUT2D eigenvalue weighted by Crippen LogP contribution is -2.03. The Morgan fingerprint density at radius 3 is 2.69 bits per heavy atom. The van der Waals surface area contributed by atoms with Crippen LogP contribution in [0.3, 0.4) is 0 Å². The van der Waals surface area contributed by atoms with Crippen LogP contribution in [0.4, 0.5) is 8.78 Å². The van der Waals surface area contributed by atoms with E-state index in [0.29, 0.717) is 0 Å². The van der Waals surface area contributed by atoms with E-state index in [-0.39, 0.29) is 18.5 Å². The topological polar surface area (TPSA) is 46.2 Å². The van der Waals surface area contributed by atoms with Crippen molar-refractivity contribution in [3.8, 4) is 5.75 Å². The zero-order valence-corrected chi connectivity index (χ0v) is 7.00. The normalized spacial score (nSPS) is 12.8. The van der Waals surface area contributed by atoms with E-state index in [4.69, 9.17) is 10.8 Å². The fourth-order valence-electron chi connectivity index (χ4n) is 1.03. The molecule has 0 aliphatic carbocycles. The Hall–Kier alpha value is -1.16. The molecule has 0 aliphatic rings. The smallest absolute Gasteiger partial charge is 0.165 e. The van der Waals surface area contributed by atoms with E-state index >= 15 is 0 Å². The molecular formula is C9H11F2NO. The summed E-state index contributed by atoms with van der Waals surface area (Å²) in [5.41, 5.74) is 5.36. The Balaban J connectivity index is 2.84. The van der Waals surface area contributed by atoms with Crippen LogP contribution in [0.1, 0.15) is 18.2 Å². The molecule has 0 amide bonds. The monoisotopic (exact) mass is 187 g/mol. The maximum Gasteiger partial charge on any atom is 0.165 e. The zero-order chi connectivity index (χ0) is 9.84. The summed E-state index contributed by atoms with van der Waals surface area (Å²) < 4.78 is 25.9. The molecule has 3 N–H and O–H groups in total. The van der Waals surface area contributed by atoms with E-state index < -0.39 is 17.7 Å². The van der Waals surface area contributed by atoms with Gasteiger partial charge in [-0.05, 0) is 30.7 Å². The van der Waals surface area contributed by atoms with Crippen LogP contribution >= 0.6 is 0 Å². The minimum Gasteiger partial charge on any atom is -0.505 e. The molecule has 0 heterocycles. The number of hydrogen-bond donors (Lipinski definition) is 2. The number of phenols is 1. The van der Waals surface area contributed by atoms with Crippen LogP contribution in [0.25, 0.3) is 0 Å². The van der Waals surface area contributed by atoms with Gasteiger partial charge in [-0.2, -0.15) is 0 Å². The molecule has 1 unspecified atom stereocenters. The van der Waals surface area contributed by atoms with Crippen molar-refractivity contribution in [1.29, 1.82) is 0 Å². The van der Waals surface area contributed by atoms with E-state index in [0.717, 1.165) is 12.1 Å². The Kier molecular flexibility index (Phi) is 3.19. The van der Waals surface area contributed by atoms with E-state index in [1.807, 2.05) is 0 Å². The number of aromatic hydroxyl groups is 1. The highest BCUT2D eigenvalue weighted by Gasteiger charge is 2.10. The van der Waals surface area contributed by atoms with Gasteiger partial charge in [0.15, 0.2) is 11.6 Å². The van der Waals surface area contributed by atoms with E-state index in [9.17, 15) is 8.78 Å². The molecule has 4 heteroatoms. The van der Waals surface area contributed by atoms with Gasteiger partial charge >= 0.3 is 0 Å². The first-order valence-corrected chi connectivity index (χ1v) is 3.97. The molecule has 1 aromatic carbocycles. The number of benzene rings is 1. The summed E-state index contributed by atoms with van der Waals surface area (Å²) in [5, 5.41) is 8.83. The van der Waals surface area contributed by atoms with Gasteiger partial charge in [0.2, 0.25) is 0 Å². The maximum absolute atomic E-state index is 13.1. The molecular weight excluding hydrogens is 176 g/mol. The number of phenolic OH excluding ortho intramolecular Hbond substituents is 1. The molecule has 0 saturated heterocycles. The number of rotatable bonds is 3. The average Bonchev–Trinajstić information content (AvgIpc) is 2.10. The second kappa shape index (κ2) is 4.18. The van der Waals surface area contributed by atoms with Crippen molar-refractivity contribution in [3.05, 3.63) is 29.6 Å². The van der Waals surface area contributed by atoms with Crippen LogP contribution in [0.2, 0.25) is 0 Å². The Morgan fingerprint density at radius 1 is 1.46 bits per heavy atom. The van der Waals surface area contributed by atoms with Crippen LogP contribution in [0.15, 0.2) is 18.2 Å². The average molecular weight is 187 g/mol. The summed E-state index contributed by atoms with van der Waals surface area (Å²) in [6.07, 6.45) is -1.11. The van der Waals surface area contributed by atoms with Gasteiger partial charge in [0.1, 0.15) is 6.17 Å². The largest absolute Gasteiger partial charge is 0.505 e. The van der Waals surface area contributed by atoms with Crippen molar-refractivity contribution in [2.75, 3.05) is 6.54 Å². The first kappa shape index (κ1) is 9.92. The van der Waals surface area contributed by atoms with Crippen LogP contribution in [-0.2, 0) is 0 Å². The fraction of sp³-hybridized carbons (Fsp3) is 0.333. The van der Waals surface area contributed by atoms with Crippen molar-refractivity contribution in [2.45, 2.75) is 12.6 Å². The number of nitrogens with two attached hydrogens (primary N) is 1. The predicted molar refractivity (Wildman–Crippen MR) is 45.6 cm³/mol. The number of alkyl halides is 1. The van der Waals surface area contributed by atoms with Crippen molar-refractivity contribution in [1.82, 2.24) is 0 Å². The molecule has 0 aromatic heterocycles. The van der Waals surface area contributed by atoms with Gasteiger partial charge in [0, 0.05) is 0 Å². The van der Waals surface area contributed by atoms with Crippen molar-refractivity contribution < 1.29 is 13.9 Å². The fourth-order valence-corrected chi connectivity index (χ4v) is 1.03. The van der Waals surface area contributed by atoms with Gasteiger partial charge in [0.05, 0.1) is 0 Å². The lowest BCUT2D eigenvalue weighted by molar-refractivity contribution is 0.325. The van der Waals surface area contributed by atoms with E-state index in [1.165, 1.54) is 6.07 Å². The van der Waals surface area contributed by atoms with E-state index in [2.05, 4.69) is 0 Å². The van der Waals surface area contributed by atoms with Crippen LogP contribution in [0, 0.1) is 5.82 Å². The molecule has 1 atom stereocenters. The van der Waals surface area contributed by atoms with Crippen molar-refractivity contribution in [2.24, 2.45) is 5.73 Å². The SMILES string of the molecule is NCCC(F)c1ccc(O)c(F)c1. The summed E-state index contributed by atoms with van der Waals surface area (Å²) in [7, 11) is 0. The third-order valence-corrected chi connectivity index (χ3v) is 1.75. The molecule has 1 aromatic rings. The van der Waals surface area contributed by atoms with Gasteiger partial charge in [-0.25, -0.2) is 8.78 Å². The Bertz CT molecular complexity index is 291. The van der Waals surface area contributed by atoms with Gasteiger partial charge in [-0.1, -0.05) is 6.07 Å². The van der Waals surface area contributed by atoms with Crippen molar-refractivity contribution in [3.63, 3.8) is 0 Å². The molecule has 13 heavy (non-hydrogen) atoms. The van der Waals surface area contributed by atoms with Gasteiger partial charge in [0.25, 0.3) is 0 Å². The lowest BCUT2D eigenvalue weighted by Gasteiger charge is -2.06. The summed E-state index contributed by atoms with van der Waals surface area (Å²) in [6.45, 7) is 0.212. The van der Waals surface area contributed by atoms with E-state index in [1.54, 1.807) is 0 Å². The quantitative estimate of drug-likeness (QED) is 0.759. The molecule has 0 spiro atoms. The maximum atomic E-state index is 13.1. The number of hydrogen-bond acceptors (Lipinski definition) is 2. The molecule has 72 valence electrons. The highest BCUT2D eigenvalue weighted by molar-refractivity contribution is 5.29. The van der Waals surface area contributed by atoms with Gasteiger partial charge in [-0.15, -0.1) is 0 Å². The zero-order valence-electron chi connectivity index (χ0n) is 7.00. The second-order valence-electron chi connectivity index (χ2n) is 2.76. The molecule has 0 aliphatic heterocycles. The third-order valence-electron chi connectivity index (χ3n) is 1.75. The van der Waals surface area contributed by atoms with Gasteiger partial charge in [-0.3, -0.25) is 0 Å². The number of halogens is 2. The van der Waals surface area contributed by atoms with Crippen LogP contribution < -0.4 is 5.73 Å². The summed E-state index contributed by atoms with van der Waals surface area (Å²) in [4.78, 5) is 0. The first-order valence-electron chi connectivity index (χ1n) is 3.97. The van der Waals surface area contributed by atoms with Crippen molar-refractivity contribution >= 4 is 0 Å². The summed E-state index contributed by atoms with van der Waals surface area (Å²) in [5.74, 6) is -1.28. The molecule has 0 fully saturated rings. The highest BCUT2D eigenvalue weighted by atomic mass is 19.1. The minimum absolute atomic E-state index is 0.157. The Labute approximate surface area is 75.0 Å².